The van der Waals surface area contributed by atoms with Crippen molar-refractivity contribution in [3.8, 4) is 0 Å². The van der Waals surface area contributed by atoms with Crippen LogP contribution in [0.2, 0.25) is 0 Å². The van der Waals surface area contributed by atoms with E-state index in [1.165, 1.54) is 20.0 Å². The van der Waals surface area contributed by atoms with Gasteiger partial charge in [0.15, 0.2) is 15.8 Å². The third kappa shape index (κ3) is 2.10. The molecule has 0 radical (unpaired) electrons. The van der Waals surface area contributed by atoms with Crippen molar-refractivity contribution in [1.82, 2.24) is 13.7 Å². The highest BCUT2D eigenvalue weighted by Gasteiger charge is 2.38. The maximum absolute atomic E-state index is 12.7. The topological polar surface area (TPSA) is 101 Å². The molecule has 0 aliphatic carbocycles. The van der Waals surface area contributed by atoms with Crippen molar-refractivity contribution in [3.63, 3.8) is 0 Å². The molecule has 3 N–H and O–H groups in total. The number of β-amino-alcohol motifs (C(OH)–C–C–N with tert-alkyl or cyclic N) is 1. The van der Waals surface area contributed by atoms with Crippen LogP contribution in [0, 0.1) is 0 Å². The zero-order valence-electron chi connectivity index (χ0n) is 11.0. The molecule has 1 saturated heterocycles. The van der Waals surface area contributed by atoms with Crippen molar-refractivity contribution in [2.24, 2.45) is 0 Å². The Bertz CT molecular complexity index is 747. The van der Waals surface area contributed by atoms with Gasteiger partial charge < -0.3 is 10.8 Å². The minimum Gasteiger partial charge on any atom is -0.389 e. The predicted octanol–water partition coefficient (Wildman–Crippen LogP) is 0.514. The van der Waals surface area contributed by atoms with Gasteiger partial charge in [0, 0.05) is 24.7 Å². The second-order valence-corrected chi connectivity index (χ2v) is 8.02. The molecule has 1 unspecified atom stereocenters. The van der Waals surface area contributed by atoms with Gasteiger partial charge in [0.25, 0.3) is 10.0 Å². The van der Waals surface area contributed by atoms with Crippen LogP contribution in [0.15, 0.2) is 16.6 Å². The van der Waals surface area contributed by atoms with E-state index in [2.05, 4.69) is 4.98 Å². The molecule has 2 aromatic heterocycles. The van der Waals surface area contributed by atoms with Crippen LogP contribution >= 0.6 is 11.3 Å². The predicted molar refractivity (Wildman–Crippen MR) is 76.1 cm³/mol. The third-order valence-electron chi connectivity index (χ3n) is 3.47. The monoisotopic (exact) mass is 316 g/mol. The number of hydrogen-bond donors (Lipinski definition) is 2. The normalized spacial score (nSPS) is 25.3. The zero-order chi connectivity index (χ0) is 14.5. The Balaban J connectivity index is 2.08. The standard InChI is InChI=1S/C11H16N4O3S2/c1-11(16)3-2-4-14(7-11)20(17,18)9-8(12)13-10-15(9)5-6-19-10/h5-6,16H,2-4,7,12H2,1H3. The quantitative estimate of drug-likeness (QED) is 0.841. The van der Waals surface area contributed by atoms with E-state index in [4.69, 9.17) is 5.73 Å². The summed E-state index contributed by atoms with van der Waals surface area (Å²) in [4.78, 5) is 4.61. The van der Waals surface area contributed by atoms with Crippen molar-refractivity contribution in [1.29, 1.82) is 0 Å². The Morgan fingerprint density at radius 1 is 1.55 bits per heavy atom. The fourth-order valence-electron chi connectivity index (χ4n) is 2.54. The number of hydrogen-bond acceptors (Lipinski definition) is 6. The van der Waals surface area contributed by atoms with Crippen LogP contribution in [0.3, 0.4) is 0 Å². The van der Waals surface area contributed by atoms with Crippen LogP contribution in [-0.4, -0.2) is 45.9 Å². The smallest absolute Gasteiger partial charge is 0.262 e. The number of aliphatic hydroxyl groups is 1. The minimum absolute atomic E-state index is 0.00191. The first-order chi connectivity index (χ1) is 9.31. The Morgan fingerprint density at radius 2 is 2.30 bits per heavy atom. The number of piperidine rings is 1. The van der Waals surface area contributed by atoms with Gasteiger partial charge in [-0.2, -0.15) is 4.31 Å². The van der Waals surface area contributed by atoms with Gasteiger partial charge in [0.2, 0.25) is 0 Å². The lowest BCUT2D eigenvalue weighted by Gasteiger charge is -2.35. The molecule has 3 rings (SSSR count). The average Bonchev–Trinajstić information content (AvgIpc) is 2.86. The lowest BCUT2D eigenvalue weighted by molar-refractivity contribution is 0.00934. The van der Waals surface area contributed by atoms with Crippen molar-refractivity contribution >= 4 is 32.1 Å². The number of fused-ring (bicyclic) bond motifs is 1. The molecule has 1 aliphatic heterocycles. The Hall–Kier alpha value is -1.16. The van der Waals surface area contributed by atoms with Gasteiger partial charge in [-0.25, -0.2) is 13.4 Å². The highest BCUT2D eigenvalue weighted by molar-refractivity contribution is 7.89. The van der Waals surface area contributed by atoms with Gasteiger partial charge >= 0.3 is 0 Å². The summed E-state index contributed by atoms with van der Waals surface area (Å²) in [5, 5.41) is 11.8. The molecule has 1 atom stereocenters. The average molecular weight is 316 g/mol. The first-order valence-corrected chi connectivity index (χ1v) is 8.57. The molecule has 2 aromatic rings. The van der Waals surface area contributed by atoms with Crippen molar-refractivity contribution in [3.05, 3.63) is 11.6 Å². The van der Waals surface area contributed by atoms with E-state index in [1.807, 2.05) is 0 Å². The van der Waals surface area contributed by atoms with Gasteiger partial charge in [0.1, 0.15) is 0 Å². The first-order valence-electron chi connectivity index (χ1n) is 6.25. The summed E-state index contributed by atoms with van der Waals surface area (Å²) in [6, 6.07) is 0. The number of anilines is 1. The maximum Gasteiger partial charge on any atom is 0.262 e. The summed E-state index contributed by atoms with van der Waals surface area (Å²) in [6.07, 6.45) is 2.85. The molecule has 0 amide bonds. The summed E-state index contributed by atoms with van der Waals surface area (Å²) in [5.74, 6) is 0.00191. The summed E-state index contributed by atoms with van der Waals surface area (Å²) in [6.45, 7) is 2.11. The summed E-state index contributed by atoms with van der Waals surface area (Å²) in [7, 11) is -3.76. The number of nitrogen functional groups attached to an aromatic ring is 1. The summed E-state index contributed by atoms with van der Waals surface area (Å²) < 4.78 is 28.3. The molecule has 1 aliphatic rings. The Labute approximate surface area is 120 Å². The van der Waals surface area contributed by atoms with Crippen LogP contribution in [0.1, 0.15) is 19.8 Å². The molecule has 1 fully saturated rings. The van der Waals surface area contributed by atoms with Gasteiger partial charge in [-0.3, -0.25) is 4.40 Å². The van der Waals surface area contributed by atoms with Gasteiger partial charge in [-0.1, -0.05) is 0 Å². The molecule has 0 spiro atoms. The third-order valence-corrected chi connectivity index (χ3v) is 6.11. The molecule has 0 saturated carbocycles. The molecule has 3 heterocycles. The minimum atomic E-state index is -3.76. The molecule has 0 aromatic carbocycles. The van der Waals surface area contributed by atoms with E-state index >= 15 is 0 Å². The van der Waals surface area contributed by atoms with Gasteiger partial charge in [-0.05, 0) is 19.8 Å². The molecule has 7 nitrogen and oxygen atoms in total. The molecule has 0 bridgehead atoms. The largest absolute Gasteiger partial charge is 0.389 e. The fraction of sp³-hybridized carbons (Fsp3) is 0.545. The Kier molecular flexibility index (Phi) is 3.05. The summed E-state index contributed by atoms with van der Waals surface area (Å²) >= 11 is 1.32. The maximum atomic E-state index is 12.7. The van der Waals surface area contributed by atoms with E-state index in [1.54, 1.807) is 18.5 Å². The van der Waals surface area contributed by atoms with Crippen LogP contribution in [0.25, 0.3) is 4.96 Å². The summed E-state index contributed by atoms with van der Waals surface area (Å²) in [5.41, 5.74) is 4.76. The highest BCUT2D eigenvalue weighted by Crippen LogP contribution is 2.30. The molecular formula is C11H16N4O3S2. The van der Waals surface area contributed by atoms with E-state index < -0.39 is 15.6 Å². The molecule has 20 heavy (non-hydrogen) atoms. The van der Waals surface area contributed by atoms with Gasteiger partial charge in [0.05, 0.1) is 5.60 Å². The SMILES string of the molecule is CC1(O)CCCN(S(=O)(=O)c2c(N)nc3sccn23)C1. The number of nitrogens with zero attached hydrogens (tertiary/aromatic N) is 3. The van der Waals surface area contributed by atoms with Crippen LogP contribution in [0.5, 0.6) is 0 Å². The number of nitrogens with two attached hydrogens (primary N) is 1. The lowest BCUT2D eigenvalue weighted by atomic mass is 9.97. The van der Waals surface area contributed by atoms with Crippen LogP contribution in [0.4, 0.5) is 5.82 Å². The second-order valence-electron chi connectivity index (χ2n) is 5.30. The van der Waals surface area contributed by atoms with E-state index in [9.17, 15) is 13.5 Å². The Morgan fingerprint density at radius 3 is 3.00 bits per heavy atom. The molecule has 110 valence electrons. The molecule has 9 heteroatoms. The second kappa shape index (κ2) is 4.42. The van der Waals surface area contributed by atoms with Crippen LogP contribution < -0.4 is 5.73 Å². The van der Waals surface area contributed by atoms with E-state index in [0.29, 0.717) is 24.3 Å². The van der Waals surface area contributed by atoms with E-state index in [-0.39, 0.29) is 17.4 Å². The van der Waals surface area contributed by atoms with Crippen molar-refractivity contribution in [2.45, 2.75) is 30.4 Å². The van der Waals surface area contributed by atoms with Crippen LogP contribution in [-0.2, 0) is 10.0 Å². The number of aromatic nitrogens is 2. The highest BCUT2D eigenvalue weighted by atomic mass is 32.2. The fourth-order valence-corrected chi connectivity index (χ4v) is 5.09. The zero-order valence-corrected chi connectivity index (χ0v) is 12.6. The number of imidazole rings is 1. The van der Waals surface area contributed by atoms with Crippen molar-refractivity contribution in [2.75, 3.05) is 18.8 Å². The molecular weight excluding hydrogens is 300 g/mol. The number of rotatable bonds is 2. The lowest BCUT2D eigenvalue weighted by Crippen LogP contribution is -2.48. The number of sulfonamides is 1. The number of thiazole rings is 1. The first kappa shape index (κ1) is 13.8. The van der Waals surface area contributed by atoms with Gasteiger partial charge in [-0.15, -0.1) is 11.3 Å². The van der Waals surface area contributed by atoms with Crippen molar-refractivity contribution < 1.29 is 13.5 Å². The van der Waals surface area contributed by atoms with E-state index in [0.717, 1.165) is 0 Å².